The van der Waals surface area contributed by atoms with Gasteiger partial charge in [-0.25, -0.2) is 4.98 Å². The first kappa shape index (κ1) is 19.1. The van der Waals surface area contributed by atoms with E-state index >= 15 is 0 Å². The molecule has 0 bridgehead atoms. The molecule has 3 aromatic heterocycles. The molecular formula is C22H26N6O. The van der Waals surface area contributed by atoms with Gasteiger partial charge in [0, 0.05) is 43.6 Å². The number of aromatic nitrogens is 4. The highest BCUT2D eigenvalue weighted by Gasteiger charge is 2.26. The van der Waals surface area contributed by atoms with Gasteiger partial charge in [0.1, 0.15) is 5.82 Å². The van der Waals surface area contributed by atoms with Gasteiger partial charge in [-0.15, -0.1) is 0 Å². The Morgan fingerprint density at radius 1 is 1.14 bits per heavy atom. The van der Waals surface area contributed by atoms with E-state index in [0.717, 1.165) is 54.5 Å². The Balaban J connectivity index is 1.36. The molecule has 0 aliphatic carbocycles. The lowest BCUT2D eigenvalue weighted by Gasteiger charge is -2.31. The summed E-state index contributed by atoms with van der Waals surface area (Å²) >= 11 is 0. The van der Waals surface area contributed by atoms with E-state index in [9.17, 15) is 4.79 Å². The second kappa shape index (κ2) is 8.03. The van der Waals surface area contributed by atoms with Crippen LogP contribution in [-0.4, -0.2) is 43.6 Å². The summed E-state index contributed by atoms with van der Waals surface area (Å²) in [6, 6.07) is 10.0. The fourth-order valence-corrected chi connectivity index (χ4v) is 3.84. The summed E-state index contributed by atoms with van der Waals surface area (Å²) in [7, 11) is 1.84. The third kappa shape index (κ3) is 4.29. The van der Waals surface area contributed by atoms with Gasteiger partial charge in [0.15, 0.2) is 0 Å². The maximum atomic E-state index is 12.8. The van der Waals surface area contributed by atoms with Gasteiger partial charge in [0.25, 0.3) is 5.91 Å². The van der Waals surface area contributed by atoms with Gasteiger partial charge in [0.05, 0.1) is 23.1 Å². The van der Waals surface area contributed by atoms with Crippen molar-refractivity contribution in [1.82, 2.24) is 24.6 Å². The second-order valence-electron chi connectivity index (χ2n) is 7.63. The number of carbonyl (C=O) groups excluding carboxylic acids is 1. The summed E-state index contributed by atoms with van der Waals surface area (Å²) in [5.41, 5.74) is 4.46. The van der Waals surface area contributed by atoms with Crippen molar-refractivity contribution in [2.45, 2.75) is 32.6 Å². The zero-order valence-corrected chi connectivity index (χ0v) is 17.1. The Morgan fingerprint density at radius 3 is 2.55 bits per heavy atom. The molecule has 1 fully saturated rings. The number of likely N-dealkylation sites (tertiary alicyclic amines) is 1. The average Bonchev–Trinajstić information content (AvgIpc) is 3.06. The lowest BCUT2D eigenvalue weighted by Crippen LogP contribution is -2.38. The number of hydrogen-bond donors (Lipinski definition) is 1. The number of amides is 1. The van der Waals surface area contributed by atoms with Crippen molar-refractivity contribution in [3.63, 3.8) is 0 Å². The monoisotopic (exact) mass is 390 g/mol. The molecule has 1 N–H and O–H groups in total. The molecule has 0 aromatic carbocycles. The highest BCUT2D eigenvalue weighted by atomic mass is 16.2. The summed E-state index contributed by atoms with van der Waals surface area (Å²) in [6.07, 6.45) is 5.50. The van der Waals surface area contributed by atoms with Crippen LogP contribution in [0.5, 0.6) is 0 Å². The van der Waals surface area contributed by atoms with E-state index in [1.807, 2.05) is 56.3 Å². The third-order valence-corrected chi connectivity index (χ3v) is 5.39. The van der Waals surface area contributed by atoms with Crippen LogP contribution in [0.2, 0.25) is 0 Å². The first-order valence-corrected chi connectivity index (χ1v) is 9.96. The number of aryl methyl sites for hydroxylation is 3. The predicted octanol–water partition coefficient (Wildman–Crippen LogP) is 3.59. The molecule has 0 unspecified atom stereocenters. The molecule has 0 atom stereocenters. The summed E-state index contributed by atoms with van der Waals surface area (Å²) in [6.45, 7) is 5.34. The van der Waals surface area contributed by atoms with Crippen LogP contribution in [0.4, 0.5) is 11.5 Å². The predicted molar refractivity (Wildman–Crippen MR) is 112 cm³/mol. The van der Waals surface area contributed by atoms with Crippen LogP contribution >= 0.6 is 0 Å². The van der Waals surface area contributed by atoms with Crippen molar-refractivity contribution in [2.75, 3.05) is 18.4 Å². The second-order valence-corrected chi connectivity index (χ2v) is 7.63. The van der Waals surface area contributed by atoms with E-state index in [-0.39, 0.29) is 5.91 Å². The highest BCUT2D eigenvalue weighted by Crippen LogP contribution is 2.28. The largest absolute Gasteiger partial charge is 0.339 e. The standard InChI is InChI=1S/C22H26N6O/c1-15-5-4-6-21(24-15)25-18-7-8-20(23-13-18)17-9-11-28(12-10-17)22(29)19-14-27(3)26-16(19)2/h4-8,13-14,17H,9-12H2,1-3H3,(H,24,25). The molecule has 7 heteroatoms. The lowest BCUT2D eigenvalue weighted by molar-refractivity contribution is 0.0711. The number of anilines is 2. The van der Waals surface area contributed by atoms with E-state index in [2.05, 4.69) is 26.4 Å². The summed E-state index contributed by atoms with van der Waals surface area (Å²) < 4.78 is 1.70. The molecule has 0 saturated carbocycles. The van der Waals surface area contributed by atoms with Crippen LogP contribution in [-0.2, 0) is 7.05 Å². The summed E-state index contributed by atoms with van der Waals surface area (Å²) in [5.74, 6) is 1.27. The topological polar surface area (TPSA) is 75.9 Å². The maximum Gasteiger partial charge on any atom is 0.257 e. The minimum absolute atomic E-state index is 0.0761. The van der Waals surface area contributed by atoms with Crippen LogP contribution in [0.25, 0.3) is 0 Å². The van der Waals surface area contributed by atoms with Crippen molar-refractivity contribution in [1.29, 1.82) is 0 Å². The van der Waals surface area contributed by atoms with Crippen molar-refractivity contribution in [2.24, 2.45) is 7.05 Å². The van der Waals surface area contributed by atoms with Gasteiger partial charge < -0.3 is 10.2 Å². The molecule has 4 heterocycles. The Bertz CT molecular complexity index is 1000. The van der Waals surface area contributed by atoms with E-state index in [4.69, 9.17) is 0 Å². The molecule has 150 valence electrons. The number of pyridine rings is 2. The lowest BCUT2D eigenvalue weighted by atomic mass is 9.92. The molecule has 0 radical (unpaired) electrons. The summed E-state index contributed by atoms with van der Waals surface area (Å²) in [4.78, 5) is 23.8. The van der Waals surface area contributed by atoms with Gasteiger partial charge in [-0.2, -0.15) is 5.10 Å². The normalized spacial score (nSPS) is 14.8. The van der Waals surface area contributed by atoms with E-state index < -0.39 is 0 Å². The van der Waals surface area contributed by atoms with Gasteiger partial charge in [-0.05, 0) is 51.0 Å². The highest BCUT2D eigenvalue weighted by molar-refractivity contribution is 5.95. The van der Waals surface area contributed by atoms with Gasteiger partial charge in [-0.1, -0.05) is 6.07 Å². The first-order chi connectivity index (χ1) is 14.0. The van der Waals surface area contributed by atoms with Crippen LogP contribution in [0, 0.1) is 13.8 Å². The molecule has 1 amide bonds. The number of hydrogen-bond acceptors (Lipinski definition) is 5. The third-order valence-electron chi connectivity index (χ3n) is 5.39. The van der Waals surface area contributed by atoms with Crippen molar-refractivity contribution < 1.29 is 4.79 Å². The number of nitrogens with zero attached hydrogens (tertiary/aromatic N) is 5. The fourth-order valence-electron chi connectivity index (χ4n) is 3.84. The molecule has 4 rings (SSSR count). The van der Waals surface area contributed by atoms with Crippen LogP contribution in [0.1, 0.15) is 46.2 Å². The molecule has 29 heavy (non-hydrogen) atoms. The van der Waals surface area contributed by atoms with E-state index in [0.29, 0.717) is 11.5 Å². The molecule has 0 spiro atoms. The van der Waals surface area contributed by atoms with Gasteiger partial charge in [0.2, 0.25) is 0 Å². The Kier molecular flexibility index (Phi) is 5.29. The minimum atomic E-state index is 0.0761. The Labute approximate surface area is 170 Å². The van der Waals surface area contributed by atoms with E-state index in [1.165, 1.54) is 0 Å². The maximum absolute atomic E-state index is 12.8. The average molecular weight is 390 g/mol. The summed E-state index contributed by atoms with van der Waals surface area (Å²) in [5, 5.41) is 7.57. The van der Waals surface area contributed by atoms with Crippen molar-refractivity contribution in [3.8, 4) is 0 Å². The van der Waals surface area contributed by atoms with Crippen LogP contribution < -0.4 is 5.32 Å². The number of carbonyl (C=O) groups is 1. The van der Waals surface area contributed by atoms with Crippen LogP contribution in [0.15, 0.2) is 42.7 Å². The fraction of sp³-hybridized carbons (Fsp3) is 0.364. The minimum Gasteiger partial charge on any atom is -0.339 e. The van der Waals surface area contributed by atoms with Gasteiger partial charge >= 0.3 is 0 Å². The quantitative estimate of drug-likeness (QED) is 0.737. The number of piperidine rings is 1. The molecule has 1 aliphatic heterocycles. The number of rotatable bonds is 4. The van der Waals surface area contributed by atoms with Crippen molar-refractivity contribution >= 4 is 17.4 Å². The number of nitrogens with one attached hydrogen (secondary N) is 1. The molecule has 1 aliphatic rings. The molecule has 3 aromatic rings. The van der Waals surface area contributed by atoms with Gasteiger partial charge in [-0.3, -0.25) is 14.5 Å². The zero-order valence-electron chi connectivity index (χ0n) is 17.1. The SMILES string of the molecule is Cc1cccc(Nc2ccc(C3CCN(C(=O)c4cn(C)nc4C)CC3)nc2)n1. The molecule has 7 nitrogen and oxygen atoms in total. The molecular weight excluding hydrogens is 364 g/mol. The Morgan fingerprint density at radius 2 is 1.93 bits per heavy atom. The van der Waals surface area contributed by atoms with Crippen LogP contribution in [0.3, 0.4) is 0 Å². The smallest absolute Gasteiger partial charge is 0.257 e. The zero-order chi connectivity index (χ0) is 20.4. The first-order valence-electron chi connectivity index (χ1n) is 9.96. The molecule has 1 saturated heterocycles. The van der Waals surface area contributed by atoms with E-state index in [1.54, 1.807) is 10.9 Å². The van der Waals surface area contributed by atoms with Crippen molar-refractivity contribution in [3.05, 3.63) is 65.4 Å². The Hall–Kier alpha value is -3.22.